The zero-order valence-corrected chi connectivity index (χ0v) is 14.9. The van der Waals surface area contributed by atoms with E-state index in [1.165, 1.54) is 7.11 Å². The molecule has 0 aromatic carbocycles. The number of esters is 1. The summed E-state index contributed by atoms with van der Waals surface area (Å²) in [5.41, 5.74) is 1.40. The van der Waals surface area contributed by atoms with Crippen LogP contribution in [0.25, 0.3) is 11.4 Å². The molecule has 0 atom stereocenters. The summed E-state index contributed by atoms with van der Waals surface area (Å²) in [4.78, 5) is 35.5. The Balaban J connectivity index is 1.70. The number of rotatable bonds is 9. The molecule has 138 valence electrons. The summed E-state index contributed by atoms with van der Waals surface area (Å²) in [7, 11) is 1.44. The van der Waals surface area contributed by atoms with Crippen LogP contribution in [0.3, 0.4) is 0 Å². The first kappa shape index (κ1) is 19.6. The first-order chi connectivity index (χ1) is 12.7. The molecule has 0 spiro atoms. The molecule has 0 saturated carbocycles. The van der Waals surface area contributed by atoms with Gasteiger partial charge in [-0.2, -0.15) is 0 Å². The molecule has 9 nitrogen and oxygen atoms in total. The van der Waals surface area contributed by atoms with Crippen LogP contribution in [0, 0.1) is 0 Å². The third-order valence-corrected chi connectivity index (χ3v) is 3.66. The molecule has 10 heteroatoms. The average Bonchev–Trinajstić information content (AvgIpc) is 2.69. The van der Waals surface area contributed by atoms with Gasteiger partial charge in [0.2, 0.25) is 0 Å². The van der Waals surface area contributed by atoms with Crippen molar-refractivity contribution in [2.75, 3.05) is 32.8 Å². The highest BCUT2D eigenvalue weighted by molar-refractivity contribution is 7.99. The topological polar surface area (TPSA) is 113 Å². The van der Waals surface area contributed by atoms with Gasteiger partial charge < -0.3 is 14.2 Å². The normalized spacial score (nSPS) is 10.2. The second-order valence-corrected chi connectivity index (χ2v) is 5.64. The zero-order valence-electron chi connectivity index (χ0n) is 14.1. The molecule has 0 saturated heterocycles. The first-order valence-corrected chi connectivity index (χ1v) is 8.60. The lowest BCUT2D eigenvalue weighted by molar-refractivity contribution is -0.141. The number of pyridine rings is 1. The molecule has 26 heavy (non-hydrogen) atoms. The van der Waals surface area contributed by atoms with E-state index in [0.717, 1.165) is 17.5 Å². The SMILES string of the molecule is COCNC(=O)OCCOC(=O)CSc1nccc(-c2ccccn2)n1. The zero-order chi connectivity index (χ0) is 18.6. The molecule has 2 heterocycles. The Bertz CT molecular complexity index is 717. The van der Waals surface area contributed by atoms with Crippen molar-refractivity contribution in [1.29, 1.82) is 0 Å². The lowest BCUT2D eigenvalue weighted by Crippen LogP contribution is -2.27. The molecule has 0 aliphatic rings. The molecule has 2 aromatic rings. The minimum Gasteiger partial charge on any atom is -0.461 e. The van der Waals surface area contributed by atoms with E-state index in [9.17, 15) is 9.59 Å². The average molecular weight is 378 g/mol. The summed E-state index contributed by atoms with van der Waals surface area (Å²) in [6.07, 6.45) is 2.65. The van der Waals surface area contributed by atoms with Gasteiger partial charge in [0, 0.05) is 19.5 Å². The van der Waals surface area contributed by atoms with E-state index in [2.05, 4.69) is 25.0 Å². The van der Waals surface area contributed by atoms with Gasteiger partial charge in [0.05, 0.1) is 17.1 Å². The van der Waals surface area contributed by atoms with Crippen LogP contribution < -0.4 is 5.32 Å². The molecule has 0 fully saturated rings. The third-order valence-electron chi connectivity index (χ3n) is 2.82. The molecule has 0 aliphatic carbocycles. The van der Waals surface area contributed by atoms with Gasteiger partial charge in [-0.3, -0.25) is 15.1 Å². The number of hydrogen-bond donors (Lipinski definition) is 1. The van der Waals surface area contributed by atoms with Crippen LogP contribution in [-0.4, -0.2) is 59.8 Å². The maximum Gasteiger partial charge on any atom is 0.409 e. The minimum atomic E-state index is -0.642. The molecule has 0 unspecified atom stereocenters. The van der Waals surface area contributed by atoms with Crippen LogP contribution >= 0.6 is 11.8 Å². The highest BCUT2D eigenvalue weighted by Crippen LogP contribution is 2.18. The molecule has 2 aromatic heterocycles. The Hall–Kier alpha value is -2.72. The van der Waals surface area contributed by atoms with Crippen molar-refractivity contribution in [3.8, 4) is 11.4 Å². The monoisotopic (exact) mass is 378 g/mol. The standard InChI is InChI=1S/C16H18N4O5S/c1-23-11-19-16(22)25-9-8-24-14(21)10-26-15-18-7-5-13(20-15)12-4-2-3-6-17-12/h2-7H,8-11H2,1H3,(H,19,22). The fourth-order valence-electron chi connectivity index (χ4n) is 1.70. The summed E-state index contributed by atoms with van der Waals surface area (Å²) in [5, 5.41) is 2.78. The van der Waals surface area contributed by atoms with Gasteiger partial charge in [-0.05, 0) is 18.2 Å². The molecule has 1 N–H and O–H groups in total. The van der Waals surface area contributed by atoms with Gasteiger partial charge >= 0.3 is 12.1 Å². The van der Waals surface area contributed by atoms with Crippen LogP contribution in [0.1, 0.15) is 0 Å². The Morgan fingerprint density at radius 3 is 2.69 bits per heavy atom. The van der Waals surface area contributed by atoms with Crippen LogP contribution in [0.2, 0.25) is 0 Å². The van der Waals surface area contributed by atoms with E-state index in [1.807, 2.05) is 18.2 Å². The predicted molar refractivity (Wildman–Crippen MR) is 93.3 cm³/mol. The number of methoxy groups -OCH3 is 1. The van der Waals surface area contributed by atoms with E-state index >= 15 is 0 Å². The summed E-state index contributed by atoms with van der Waals surface area (Å²) < 4.78 is 14.4. The van der Waals surface area contributed by atoms with Crippen LogP contribution in [-0.2, 0) is 19.0 Å². The largest absolute Gasteiger partial charge is 0.461 e. The minimum absolute atomic E-state index is 0.0331. The van der Waals surface area contributed by atoms with E-state index in [1.54, 1.807) is 18.5 Å². The van der Waals surface area contributed by atoms with E-state index < -0.39 is 12.1 Å². The summed E-state index contributed by atoms with van der Waals surface area (Å²) in [6, 6.07) is 7.28. The van der Waals surface area contributed by atoms with E-state index in [4.69, 9.17) is 9.47 Å². The Labute approximate surface area is 154 Å². The number of nitrogens with zero attached hydrogens (tertiary/aromatic N) is 3. The molecule has 2 rings (SSSR count). The quantitative estimate of drug-likeness (QED) is 0.228. The number of aromatic nitrogens is 3. The molecule has 0 aliphatic heterocycles. The van der Waals surface area contributed by atoms with Crippen molar-refractivity contribution in [2.45, 2.75) is 5.16 Å². The highest BCUT2D eigenvalue weighted by atomic mass is 32.2. The van der Waals surface area contributed by atoms with Gasteiger partial charge in [0.15, 0.2) is 5.16 Å². The summed E-state index contributed by atoms with van der Waals surface area (Å²) >= 11 is 1.15. The maximum atomic E-state index is 11.7. The second-order valence-electron chi connectivity index (χ2n) is 4.69. The number of thioether (sulfide) groups is 1. The predicted octanol–water partition coefficient (Wildman–Crippen LogP) is 1.50. The number of amides is 1. The summed E-state index contributed by atoms with van der Waals surface area (Å²) in [5.74, 6) is -0.413. The van der Waals surface area contributed by atoms with Crippen LogP contribution in [0.15, 0.2) is 41.8 Å². The number of hydrogen-bond acceptors (Lipinski definition) is 9. The number of alkyl carbamates (subject to hydrolysis) is 1. The molecular weight excluding hydrogens is 360 g/mol. The Morgan fingerprint density at radius 1 is 1.08 bits per heavy atom. The highest BCUT2D eigenvalue weighted by Gasteiger charge is 2.09. The van der Waals surface area contributed by atoms with Crippen molar-refractivity contribution in [1.82, 2.24) is 20.3 Å². The van der Waals surface area contributed by atoms with Gasteiger partial charge in [-0.1, -0.05) is 17.8 Å². The van der Waals surface area contributed by atoms with Crippen molar-refractivity contribution in [3.63, 3.8) is 0 Å². The summed E-state index contributed by atoms with van der Waals surface area (Å²) in [6.45, 7) is -0.0287. The van der Waals surface area contributed by atoms with E-state index in [-0.39, 0.29) is 25.7 Å². The van der Waals surface area contributed by atoms with Gasteiger partial charge in [0.25, 0.3) is 0 Å². The fourth-order valence-corrected chi connectivity index (χ4v) is 2.33. The smallest absolute Gasteiger partial charge is 0.409 e. The third kappa shape index (κ3) is 7.03. The van der Waals surface area contributed by atoms with E-state index in [0.29, 0.717) is 10.9 Å². The Morgan fingerprint density at radius 2 is 1.92 bits per heavy atom. The number of carbonyl (C=O) groups is 2. The number of nitrogens with one attached hydrogen (secondary N) is 1. The van der Waals surface area contributed by atoms with Crippen LogP contribution in [0.5, 0.6) is 0 Å². The lowest BCUT2D eigenvalue weighted by atomic mass is 10.3. The van der Waals surface area contributed by atoms with Gasteiger partial charge in [-0.25, -0.2) is 14.8 Å². The van der Waals surface area contributed by atoms with Gasteiger partial charge in [-0.15, -0.1) is 0 Å². The van der Waals surface area contributed by atoms with Crippen LogP contribution in [0.4, 0.5) is 4.79 Å². The van der Waals surface area contributed by atoms with Crippen molar-refractivity contribution in [2.24, 2.45) is 0 Å². The van der Waals surface area contributed by atoms with Gasteiger partial charge in [0.1, 0.15) is 19.9 Å². The lowest BCUT2D eigenvalue weighted by Gasteiger charge is -2.07. The number of ether oxygens (including phenoxy) is 3. The molecular formula is C16H18N4O5S. The fraction of sp³-hybridized carbons (Fsp3) is 0.312. The maximum absolute atomic E-state index is 11.7. The first-order valence-electron chi connectivity index (χ1n) is 7.61. The van der Waals surface area contributed by atoms with Crippen molar-refractivity contribution < 1.29 is 23.8 Å². The van der Waals surface area contributed by atoms with Crippen molar-refractivity contribution in [3.05, 3.63) is 36.7 Å². The van der Waals surface area contributed by atoms with Crippen molar-refractivity contribution >= 4 is 23.8 Å². The molecule has 1 amide bonds. The molecule has 0 bridgehead atoms. The molecule has 0 radical (unpaired) electrons. The Kier molecular flexibility index (Phi) is 8.30. The second kappa shape index (κ2) is 11.0. The number of carbonyl (C=O) groups excluding carboxylic acids is 2.